The quantitative estimate of drug-likeness (QED) is 0.348. The van der Waals surface area contributed by atoms with Gasteiger partial charge in [-0.2, -0.15) is 0 Å². The molecular formula is H6MnO3Ti. The molecule has 0 atom stereocenters. The van der Waals surface area contributed by atoms with E-state index in [9.17, 15) is 0 Å². The van der Waals surface area contributed by atoms with E-state index >= 15 is 0 Å². The zero-order valence-electron chi connectivity index (χ0n) is 2.38. The Kier molecular flexibility index (Phi) is 1800. The van der Waals surface area contributed by atoms with Crippen LogP contribution in [0, 0.1) is 0 Å². The minimum absolute atomic E-state index is 0. The summed E-state index contributed by atoms with van der Waals surface area (Å²) in [6.07, 6.45) is 0. The predicted molar refractivity (Wildman–Crippen MR) is 10.8 cm³/mol. The third-order valence-electron chi connectivity index (χ3n) is 0. The normalized spacial score (nSPS) is 0. The maximum Gasteiger partial charge on any atom is 0 e. The summed E-state index contributed by atoms with van der Waals surface area (Å²) in [5, 5.41) is 0. The fraction of sp³-hybridized carbons (Fsp3) is 0. The van der Waals surface area contributed by atoms with E-state index in [1.165, 1.54) is 0 Å². The molecule has 0 saturated carbocycles. The minimum atomic E-state index is 0. The minimum Gasteiger partial charge on any atom is -0.412 e. The second-order valence-electron chi connectivity index (χ2n) is 0. The van der Waals surface area contributed by atoms with Crippen LogP contribution in [-0.2, 0) is 38.8 Å². The van der Waals surface area contributed by atoms with E-state index in [0.717, 1.165) is 0 Å². The maximum absolute atomic E-state index is 0. The standard InChI is InChI=1S/Mn.3H2O.Ti/h;3*1H2;. The van der Waals surface area contributed by atoms with E-state index < -0.39 is 0 Å². The van der Waals surface area contributed by atoms with E-state index in [4.69, 9.17) is 0 Å². The Bertz CT molecular complexity index is 6.85. The largest absolute Gasteiger partial charge is 0.412 e. The molecule has 0 amide bonds. The maximum atomic E-state index is 0. The van der Waals surface area contributed by atoms with Crippen molar-refractivity contribution >= 4 is 0 Å². The number of rotatable bonds is 0. The predicted octanol–water partition coefficient (Wildman–Crippen LogP) is -2.48. The van der Waals surface area contributed by atoms with Gasteiger partial charge in [0.25, 0.3) is 0 Å². The van der Waals surface area contributed by atoms with Crippen molar-refractivity contribution in [1.82, 2.24) is 0 Å². The summed E-state index contributed by atoms with van der Waals surface area (Å²) in [5.41, 5.74) is 0. The molecule has 5 heteroatoms. The van der Waals surface area contributed by atoms with Gasteiger partial charge in [-0.05, 0) is 0 Å². The molecule has 0 fully saturated rings. The first-order valence-corrected chi connectivity index (χ1v) is 0. The fourth-order valence-electron chi connectivity index (χ4n) is 0. The molecule has 0 aliphatic carbocycles. The third kappa shape index (κ3) is 40.0. The van der Waals surface area contributed by atoms with Crippen LogP contribution in [0.5, 0.6) is 0 Å². The van der Waals surface area contributed by atoms with Crippen molar-refractivity contribution in [3.05, 3.63) is 0 Å². The van der Waals surface area contributed by atoms with E-state index in [0.29, 0.717) is 0 Å². The van der Waals surface area contributed by atoms with Crippen molar-refractivity contribution in [1.29, 1.82) is 0 Å². The van der Waals surface area contributed by atoms with Crippen molar-refractivity contribution in [2.45, 2.75) is 0 Å². The Morgan fingerprint density at radius 2 is 0.600 bits per heavy atom. The second kappa shape index (κ2) is 69.8. The smallest absolute Gasteiger partial charge is 0 e. The Morgan fingerprint density at radius 3 is 0.600 bits per heavy atom. The van der Waals surface area contributed by atoms with Crippen LogP contribution in [0.1, 0.15) is 0 Å². The molecule has 0 bridgehead atoms. The Hall–Kier alpha value is 1.11. The van der Waals surface area contributed by atoms with Gasteiger partial charge in [-0.1, -0.05) is 0 Å². The molecule has 3 nitrogen and oxygen atoms in total. The third-order valence-corrected chi connectivity index (χ3v) is 0. The SMILES string of the molecule is O.O.O.[Mn].[Ti]. The molecule has 0 rings (SSSR count). The molecule has 0 spiro atoms. The summed E-state index contributed by atoms with van der Waals surface area (Å²) in [6.45, 7) is 0. The van der Waals surface area contributed by atoms with Gasteiger partial charge in [-0.25, -0.2) is 0 Å². The van der Waals surface area contributed by atoms with Crippen molar-refractivity contribution in [2.24, 2.45) is 0 Å². The molecule has 1 radical (unpaired) electrons. The van der Waals surface area contributed by atoms with E-state index in [1.54, 1.807) is 0 Å². The van der Waals surface area contributed by atoms with Crippen molar-refractivity contribution < 1.29 is 55.2 Å². The van der Waals surface area contributed by atoms with Crippen molar-refractivity contribution in [3.63, 3.8) is 0 Å². The molecule has 0 aromatic heterocycles. The van der Waals surface area contributed by atoms with Crippen LogP contribution >= 0.6 is 0 Å². The van der Waals surface area contributed by atoms with Gasteiger partial charge in [0.1, 0.15) is 0 Å². The average molecular weight is 157 g/mol. The van der Waals surface area contributed by atoms with Crippen LogP contribution in [0.2, 0.25) is 0 Å². The van der Waals surface area contributed by atoms with Gasteiger partial charge >= 0.3 is 0 Å². The molecular weight excluding hydrogens is 151 g/mol. The zero-order chi connectivity index (χ0) is 0. The monoisotopic (exact) mass is 157 g/mol. The van der Waals surface area contributed by atoms with E-state index in [2.05, 4.69) is 0 Å². The van der Waals surface area contributed by atoms with Gasteiger partial charge < -0.3 is 16.4 Å². The molecule has 0 saturated heterocycles. The van der Waals surface area contributed by atoms with Crippen LogP contribution in [0.15, 0.2) is 0 Å². The summed E-state index contributed by atoms with van der Waals surface area (Å²) in [6, 6.07) is 0. The number of hydrogen-bond acceptors (Lipinski definition) is 0. The van der Waals surface area contributed by atoms with Gasteiger partial charge in [-0.15, -0.1) is 0 Å². The molecule has 0 unspecified atom stereocenters. The molecule has 0 aliphatic heterocycles. The second-order valence-corrected chi connectivity index (χ2v) is 0. The van der Waals surface area contributed by atoms with Crippen molar-refractivity contribution in [2.75, 3.05) is 0 Å². The summed E-state index contributed by atoms with van der Waals surface area (Å²) in [7, 11) is 0. The van der Waals surface area contributed by atoms with Crippen LogP contribution in [0.25, 0.3) is 0 Å². The summed E-state index contributed by atoms with van der Waals surface area (Å²) < 4.78 is 0. The summed E-state index contributed by atoms with van der Waals surface area (Å²) in [5.74, 6) is 0. The number of hydrogen-bond donors (Lipinski definition) is 0. The first-order chi connectivity index (χ1) is 0. The van der Waals surface area contributed by atoms with Crippen LogP contribution < -0.4 is 0 Å². The Morgan fingerprint density at radius 1 is 0.600 bits per heavy atom. The Labute approximate surface area is 55.4 Å². The topological polar surface area (TPSA) is 94.5 Å². The molecule has 0 aromatic rings. The molecule has 6 N–H and O–H groups in total. The van der Waals surface area contributed by atoms with Crippen LogP contribution in [0.3, 0.4) is 0 Å². The van der Waals surface area contributed by atoms with E-state index in [-0.39, 0.29) is 55.2 Å². The van der Waals surface area contributed by atoms with Gasteiger partial charge in [0.15, 0.2) is 0 Å². The molecule has 0 aromatic carbocycles. The molecule has 0 heterocycles. The summed E-state index contributed by atoms with van der Waals surface area (Å²) >= 11 is 0. The zero-order valence-corrected chi connectivity index (χ0v) is 5.12. The first-order valence-electron chi connectivity index (χ1n) is 0. The van der Waals surface area contributed by atoms with Crippen LogP contribution in [0.4, 0.5) is 0 Å². The molecule has 35 valence electrons. The summed E-state index contributed by atoms with van der Waals surface area (Å²) in [4.78, 5) is 0. The van der Waals surface area contributed by atoms with Gasteiger partial charge in [0, 0.05) is 38.8 Å². The van der Waals surface area contributed by atoms with Crippen LogP contribution in [-0.4, -0.2) is 16.4 Å². The molecule has 5 heavy (non-hydrogen) atoms. The van der Waals surface area contributed by atoms with Gasteiger partial charge in [0.05, 0.1) is 0 Å². The average Bonchev–Trinajstić information content (AvgIpc) is 0. The van der Waals surface area contributed by atoms with E-state index in [1.807, 2.05) is 0 Å². The van der Waals surface area contributed by atoms with Gasteiger partial charge in [0.2, 0.25) is 0 Å². The molecule has 0 aliphatic rings. The van der Waals surface area contributed by atoms with Gasteiger partial charge in [-0.3, -0.25) is 0 Å². The fourth-order valence-corrected chi connectivity index (χ4v) is 0. The van der Waals surface area contributed by atoms with Crippen molar-refractivity contribution in [3.8, 4) is 0 Å². The first kappa shape index (κ1) is 129. The Balaban J connectivity index is 0.